The van der Waals surface area contributed by atoms with Gasteiger partial charge < -0.3 is 19.1 Å². The largest absolute Gasteiger partial charge is 0.496 e. The number of hydrogen-bond acceptors (Lipinski definition) is 6. The summed E-state index contributed by atoms with van der Waals surface area (Å²) in [5, 5.41) is 0.608. The Morgan fingerprint density at radius 2 is 1.83 bits per heavy atom. The molecular formula is C27H31N3O5. The fraction of sp³-hybridized carbons (Fsp3) is 0.370. The van der Waals surface area contributed by atoms with Crippen LogP contribution in [0.3, 0.4) is 0 Å². The lowest BCUT2D eigenvalue weighted by Gasteiger charge is -2.28. The van der Waals surface area contributed by atoms with Gasteiger partial charge in [-0.3, -0.25) is 14.2 Å². The van der Waals surface area contributed by atoms with Crippen molar-refractivity contribution in [2.24, 2.45) is 0 Å². The number of para-hydroxylation sites is 1. The summed E-state index contributed by atoms with van der Waals surface area (Å²) in [7, 11) is 4.84. The van der Waals surface area contributed by atoms with Gasteiger partial charge in [0.25, 0.3) is 5.56 Å². The zero-order valence-corrected chi connectivity index (χ0v) is 20.7. The van der Waals surface area contributed by atoms with Gasteiger partial charge in [0.15, 0.2) is 0 Å². The molecule has 1 aliphatic heterocycles. The standard InChI is InChI=1S/C27H31N3O5/c1-18-7-5-8-21-26(18)28-17-30(27(21)32)12-6-9-24(31)29-13-10-19(11-14-29)25-22(34-3)15-20(33-2)16-23(25)35-4/h5,7-8,10,15-17H,6,9,11-14H2,1-4H3. The van der Waals surface area contributed by atoms with Crippen molar-refractivity contribution in [2.45, 2.75) is 32.7 Å². The third-order valence-electron chi connectivity index (χ3n) is 6.44. The molecule has 0 fully saturated rings. The normalized spacial score (nSPS) is 13.5. The summed E-state index contributed by atoms with van der Waals surface area (Å²) < 4.78 is 18.1. The van der Waals surface area contributed by atoms with Gasteiger partial charge in [-0.1, -0.05) is 18.2 Å². The maximum absolute atomic E-state index is 12.8. The first kappa shape index (κ1) is 24.3. The molecule has 1 amide bonds. The lowest BCUT2D eigenvalue weighted by molar-refractivity contribution is -0.130. The summed E-state index contributed by atoms with van der Waals surface area (Å²) in [6.45, 7) is 3.52. The molecule has 0 saturated heterocycles. The second kappa shape index (κ2) is 10.6. The van der Waals surface area contributed by atoms with Gasteiger partial charge in [0.2, 0.25) is 5.91 Å². The molecule has 2 aromatic carbocycles. The Morgan fingerprint density at radius 1 is 1.09 bits per heavy atom. The topological polar surface area (TPSA) is 82.9 Å². The van der Waals surface area contributed by atoms with E-state index in [0.29, 0.717) is 61.5 Å². The Hall–Kier alpha value is -3.81. The van der Waals surface area contributed by atoms with E-state index in [1.807, 2.05) is 42.2 Å². The van der Waals surface area contributed by atoms with Gasteiger partial charge in [-0.15, -0.1) is 0 Å². The fourth-order valence-corrected chi connectivity index (χ4v) is 4.50. The number of carbonyl (C=O) groups is 1. The van der Waals surface area contributed by atoms with Crippen molar-refractivity contribution in [3.05, 3.63) is 64.2 Å². The molecule has 0 radical (unpaired) electrons. The Balaban J connectivity index is 1.39. The first-order chi connectivity index (χ1) is 17.0. The molecular weight excluding hydrogens is 446 g/mol. The van der Waals surface area contributed by atoms with E-state index in [1.165, 1.54) is 0 Å². The average molecular weight is 478 g/mol. The molecule has 4 rings (SSSR count). The van der Waals surface area contributed by atoms with Crippen LogP contribution in [0, 0.1) is 6.92 Å². The molecule has 0 atom stereocenters. The predicted molar refractivity (Wildman–Crippen MR) is 135 cm³/mol. The van der Waals surface area contributed by atoms with Crippen LogP contribution in [0.15, 0.2) is 47.5 Å². The van der Waals surface area contributed by atoms with Crippen LogP contribution in [0.1, 0.15) is 30.4 Å². The number of aromatic nitrogens is 2. The van der Waals surface area contributed by atoms with Gasteiger partial charge in [0, 0.05) is 38.2 Å². The quantitative estimate of drug-likeness (QED) is 0.491. The van der Waals surface area contributed by atoms with Crippen molar-refractivity contribution in [3.8, 4) is 17.2 Å². The first-order valence-corrected chi connectivity index (χ1v) is 11.7. The number of aryl methyl sites for hydroxylation is 2. The van der Waals surface area contributed by atoms with Gasteiger partial charge in [0.1, 0.15) is 17.2 Å². The third kappa shape index (κ3) is 5.01. The minimum atomic E-state index is -0.0703. The molecule has 1 aliphatic rings. The highest BCUT2D eigenvalue weighted by molar-refractivity contribution is 5.81. The molecule has 35 heavy (non-hydrogen) atoms. The van der Waals surface area contributed by atoms with Crippen LogP contribution >= 0.6 is 0 Å². The summed E-state index contributed by atoms with van der Waals surface area (Å²) in [6, 6.07) is 9.27. The molecule has 0 bridgehead atoms. The van der Waals surface area contributed by atoms with Gasteiger partial charge in [0.05, 0.1) is 44.1 Å². The van der Waals surface area contributed by atoms with Crippen molar-refractivity contribution in [2.75, 3.05) is 34.4 Å². The zero-order chi connectivity index (χ0) is 24.9. The van der Waals surface area contributed by atoms with Gasteiger partial charge in [-0.2, -0.15) is 0 Å². The molecule has 8 nitrogen and oxygen atoms in total. The monoisotopic (exact) mass is 477 g/mol. The Labute approximate surface area is 204 Å². The van der Waals surface area contributed by atoms with Gasteiger partial charge in [-0.05, 0) is 37.0 Å². The molecule has 184 valence electrons. The van der Waals surface area contributed by atoms with Crippen LogP contribution in [0.2, 0.25) is 0 Å². The van der Waals surface area contributed by atoms with E-state index in [1.54, 1.807) is 38.3 Å². The van der Waals surface area contributed by atoms with Crippen molar-refractivity contribution < 1.29 is 19.0 Å². The predicted octanol–water partition coefficient (Wildman–Crippen LogP) is 3.83. The van der Waals surface area contributed by atoms with Crippen LogP contribution in [0.4, 0.5) is 0 Å². The second-order valence-corrected chi connectivity index (χ2v) is 8.54. The smallest absolute Gasteiger partial charge is 0.261 e. The number of ether oxygens (including phenoxy) is 3. The van der Waals surface area contributed by atoms with E-state index in [9.17, 15) is 9.59 Å². The van der Waals surface area contributed by atoms with Gasteiger partial charge in [-0.25, -0.2) is 4.98 Å². The van der Waals surface area contributed by atoms with E-state index in [2.05, 4.69) is 4.98 Å². The van der Waals surface area contributed by atoms with Crippen molar-refractivity contribution >= 4 is 22.4 Å². The number of nitrogens with zero attached hydrogens (tertiary/aromatic N) is 3. The molecule has 0 spiro atoms. The fourth-order valence-electron chi connectivity index (χ4n) is 4.50. The van der Waals surface area contributed by atoms with Crippen molar-refractivity contribution in [3.63, 3.8) is 0 Å². The minimum absolute atomic E-state index is 0.0703. The van der Waals surface area contributed by atoms with Gasteiger partial charge >= 0.3 is 0 Å². The van der Waals surface area contributed by atoms with Crippen LogP contribution in [-0.4, -0.2) is 54.8 Å². The van der Waals surface area contributed by atoms with E-state index in [4.69, 9.17) is 14.2 Å². The number of hydrogen-bond donors (Lipinski definition) is 0. The number of amides is 1. The van der Waals surface area contributed by atoms with Crippen LogP contribution in [0.5, 0.6) is 17.2 Å². The zero-order valence-electron chi connectivity index (χ0n) is 20.7. The first-order valence-electron chi connectivity index (χ1n) is 11.7. The summed E-state index contributed by atoms with van der Waals surface area (Å²) in [4.78, 5) is 31.9. The van der Waals surface area contributed by atoms with Crippen molar-refractivity contribution in [1.82, 2.24) is 14.5 Å². The van der Waals surface area contributed by atoms with Crippen LogP contribution < -0.4 is 19.8 Å². The van der Waals surface area contributed by atoms with E-state index in [-0.39, 0.29) is 11.5 Å². The number of methoxy groups -OCH3 is 3. The molecule has 0 saturated carbocycles. The third-order valence-corrected chi connectivity index (χ3v) is 6.44. The van der Waals surface area contributed by atoms with E-state index < -0.39 is 0 Å². The number of benzene rings is 2. The summed E-state index contributed by atoms with van der Waals surface area (Å²) >= 11 is 0. The average Bonchev–Trinajstić information content (AvgIpc) is 2.89. The highest BCUT2D eigenvalue weighted by Gasteiger charge is 2.23. The number of carbonyl (C=O) groups excluding carboxylic acids is 1. The maximum atomic E-state index is 12.8. The lowest BCUT2D eigenvalue weighted by atomic mass is 9.97. The molecule has 1 aromatic heterocycles. The minimum Gasteiger partial charge on any atom is -0.496 e. The molecule has 2 heterocycles. The SMILES string of the molecule is COc1cc(OC)c(C2=CCN(C(=O)CCCn3cnc4c(C)cccc4c3=O)CC2)c(OC)c1. The van der Waals surface area contributed by atoms with E-state index >= 15 is 0 Å². The van der Waals surface area contributed by atoms with Crippen LogP contribution in [-0.2, 0) is 11.3 Å². The summed E-state index contributed by atoms with van der Waals surface area (Å²) in [5.74, 6) is 2.09. The summed E-state index contributed by atoms with van der Waals surface area (Å²) in [5.41, 5.74) is 3.60. The highest BCUT2D eigenvalue weighted by atomic mass is 16.5. The number of fused-ring (bicyclic) bond motifs is 1. The lowest BCUT2D eigenvalue weighted by Crippen LogP contribution is -2.34. The maximum Gasteiger partial charge on any atom is 0.261 e. The molecule has 0 N–H and O–H groups in total. The second-order valence-electron chi connectivity index (χ2n) is 8.54. The molecule has 8 heteroatoms. The Kier molecular flexibility index (Phi) is 7.39. The molecule has 0 unspecified atom stereocenters. The Bertz CT molecular complexity index is 1300. The van der Waals surface area contributed by atoms with E-state index in [0.717, 1.165) is 22.2 Å². The van der Waals surface area contributed by atoms with Crippen molar-refractivity contribution in [1.29, 1.82) is 0 Å². The van der Waals surface area contributed by atoms with Crippen LogP contribution in [0.25, 0.3) is 16.5 Å². The molecule has 3 aromatic rings. The summed E-state index contributed by atoms with van der Waals surface area (Å²) in [6.07, 6.45) is 5.27. The Morgan fingerprint density at radius 3 is 2.46 bits per heavy atom. The number of rotatable bonds is 8. The highest BCUT2D eigenvalue weighted by Crippen LogP contribution is 2.40. The molecule has 0 aliphatic carbocycles.